The van der Waals surface area contributed by atoms with Crippen LogP contribution >= 0.6 is 0 Å². The highest BCUT2D eigenvalue weighted by atomic mass is 16.5. The highest BCUT2D eigenvalue weighted by molar-refractivity contribution is 5.95. The monoisotopic (exact) mass is 338 g/mol. The Balaban J connectivity index is 2.08. The molecule has 2 rings (SSSR count). The molecule has 0 bridgehead atoms. The number of hydrogen-bond donors (Lipinski definition) is 3. The van der Waals surface area contributed by atoms with Gasteiger partial charge in [0.2, 0.25) is 0 Å². The van der Waals surface area contributed by atoms with Crippen LogP contribution in [0.2, 0.25) is 0 Å². The summed E-state index contributed by atoms with van der Waals surface area (Å²) in [5, 5.41) is 28.3. The summed E-state index contributed by atoms with van der Waals surface area (Å²) < 4.78 is 5.05. The molecule has 0 aliphatic carbocycles. The number of amides is 1. The summed E-state index contributed by atoms with van der Waals surface area (Å²) in [4.78, 5) is 16.4. The standard InChI is InChI=1S/C17H26N2O5/c1-18(5-6-20)8-13-9-19(10-14(13)11-21)17(23)12-3-4-15(22)16(7-12)24-2/h3-4,7,13-14,20-22H,5-6,8-11H2,1-2H3/t13-,14-/m1/s1. The van der Waals surface area contributed by atoms with Gasteiger partial charge in [-0.2, -0.15) is 0 Å². The molecule has 0 aromatic heterocycles. The lowest BCUT2D eigenvalue weighted by Gasteiger charge is -2.23. The SMILES string of the molecule is COc1cc(C(=O)N2C[C@@H](CN(C)CCO)[C@@H](CO)C2)ccc1O. The third-order valence-corrected chi connectivity index (χ3v) is 4.55. The van der Waals surface area contributed by atoms with Crippen LogP contribution in [0.15, 0.2) is 18.2 Å². The number of aliphatic hydroxyl groups is 2. The zero-order chi connectivity index (χ0) is 17.7. The average molecular weight is 338 g/mol. The van der Waals surface area contributed by atoms with Gasteiger partial charge in [-0.1, -0.05) is 0 Å². The third-order valence-electron chi connectivity index (χ3n) is 4.55. The molecule has 2 atom stereocenters. The molecule has 7 heteroatoms. The molecule has 1 fully saturated rings. The lowest BCUT2D eigenvalue weighted by atomic mass is 9.96. The van der Waals surface area contributed by atoms with Crippen molar-refractivity contribution in [2.75, 3.05) is 53.6 Å². The molecule has 1 aromatic carbocycles. The van der Waals surface area contributed by atoms with Gasteiger partial charge >= 0.3 is 0 Å². The molecule has 1 heterocycles. The van der Waals surface area contributed by atoms with E-state index in [-0.39, 0.29) is 42.5 Å². The molecule has 1 amide bonds. The average Bonchev–Trinajstić information content (AvgIpc) is 2.97. The molecule has 1 aliphatic rings. The number of carbonyl (C=O) groups is 1. The maximum absolute atomic E-state index is 12.7. The number of aromatic hydroxyl groups is 1. The van der Waals surface area contributed by atoms with E-state index >= 15 is 0 Å². The minimum absolute atomic E-state index is 0.00721. The van der Waals surface area contributed by atoms with Crippen LogP contribution in [0.4, 0.5) is 0 Å². The molecule has 7 nitrogen and oxygen atoms in total. The van der Waals surface area contributed by atoms with Crippen molar-refractivity contribution in [3.8, 4) is 11.5 Å². The number of likely N-dealkylation sites (tertiary alicyclic amines) is 1. The van der Waals surface area contributed by atoms with E-state index in [0.717, 1.165) is 0 Å². The molecular weight excluding hydrogens is 312 g/mol. The number of hydrogen-bond acceptors (Lipinski definition) is 6. The Hall–Kier alpha value is -1.83. The quantitative estimate of drug-likeness (QED) is 0.648. The van der Waals surface area contributed by atoms with E-state index < -0.39 is 0 Å². The lowest BCUT2D eigenvalue weighted by Crippen LogP contribution is -2.33. The van der Waals surface area contributed by atoms with E-state index in [1.54, 1.807) is 11.0 Å². The number of carbonyl (C=O) groups excluding carboxylic acids is 1. The number of ether oxygens (including phenoxy) is 1. The van der Waals surface area contributed by atoms with Gasteiger partial charge in [-0.05, 0) is 31.2 Å². The Morgan fingerprint density at radius 1 is 1.33 bits per heavy atom. The van der Waals surface area contributed by atoms with E-state index in [0.29, 0.717) is 31.7 Å². The molecule has 0 spiro atoms. The van der Waals surface area contributed by atoms with Gasteiger partial charge in [-0.25, -0.2) is 0 Å². The minimum atomic E-state index is -0.140. The molecule has 1 aliphatic heterocycles. The minimum Gasteiger partial charge on any atom is -0.504 e. The first kappa shape index (κ1) is 18.5. The molecule has 3 N–H and O–H groups in total. The number of benzene rings is 1. The van der Waals surface area contributed by atoms with Gasteiger partial charge in [0.05, 0.1) is 13.7 Å². The van der Waals surface area contributed by atoms with Gasteiger partial charge in [-0.3, -0.25) is 4.79 Å². The predicted molar refractivity (Wildman–Crippen MR) is 89.2 cm³/mol. The van der Waals surface area contributed by atoms with Crippen LogP contribution < -0.4 is 4.74 Å². The summed E-state index contributed by atoms with van der Waals surface area (Å²) >= 11 is 0. The van der Waals surface area contributed by atoms with Gasteiger partial charge in [0.1, 0.15) is 0 Å². The van der Waals surface area contributed by atoms with E-state index in [9.17, 15) is 15.0 Å². The molecule has 134 valence electrons. The Morgan fingerprint density at radius 3 is 2.67 bits per heavy atom. The van der Waals surface area contributed by atoms with Gasteiger partial charge in [-0.15, -0.1) is 0 Å². The topological polar surface area (TPSA) is 93.5 Å². The molecule has 1 aromatic rings. The van der Waals surface area contributed by atoms with Crippen LogP contribution in [0.5, 0.6) is 11.5 Å². The van der Waals surface area contributed by atoms with Crippen molar-refractivity contribution in [3.05, 3.63) is 23.8 Å². The summed E-state index contributed by atoms with van der Waals surface area (Å²) in [6.07, 6.45) is 0. The summed E-state index contributed by atoms with van der Waals surface area (Å²) in [6.45, 7) is 2.45. The van der Waals surface area contributed by atoms with Crippen LogP contribution in [0.25, 0.3) is 0 Å². The van der Waals surface area contributed by atoms with Crippen molar-refractivity contribution in [2.24, 2.45) is 11.8 Å². The number of likely N-dealkylation sites (N-methyl/N-ethyl adjacent to an activating group) is 1. The highest BCUT2D eigenvalue weighted by Gasteiger charge is 2.35. The second kappa shape index (κ2) is 8.32. The van der Waals surface area contributed by atoms with Crippen molar-refractivity contribution >= 4 is 5.91 Å². The normalized spacial score (nSPS) is 20.6. The van der Waals surface area contributed by atoms with E-state index in [1.165, 1.54) is 19.2 Å². The van der Waals surface area contributed by atoms with Crippen molar-refractivity contribution in [3.63, 3.8) is 0 Å². The second-order valence-electron chi connectivity index (χ2n) is 6.29. The number of aliphatic hydroxyl groups excluding tert-OH is 2. The summed E-state index contributed by atoms with van der Waals surface area (Å²) in [5.41, 5.74) is 0.450. The number of methoxy groups -OCH3 is 1. The van der Waals surface area contributed by atoms with Crippen molar-refractivity contribution in [1.82, 2.24) is 9.80 Å². The fourth-order valence-electron chi connectivity index (χ4n) is 3.17. The van der Waals surface area contributed by atoms with E-state index in [4.69, 9.17) is 9.84 Å². The fourth-order valence-corrected chi connectivity index (χ4v) is 3.17. The highest BCUT2D eigenvalue weighted by Crippen LogP contribution is 2.29. The maximum atomic E-state index is 12.7. The second-order valence-corrected chi connectivity index (χ2v) is 6.29. The van der Waals surface area contributed by atoms with Gasteiger partial charge in [0.15, 0.2) is 11.5 Å². The number of rotatable bonds is 7. The molecule has 0 unspecified atom stereocenters. The third kappa shape index (κ3) is 4.17. The van der Waals surface area contributed by atoms with Crippen LogP contribution in [-0.2, 0) is 0 Å². The maximum Gasteiger partial charge on any atom is 0.254 e. The first-order valence-corrected chi connectivity index (χ1v) is 8.06. The summed E-state index contributed by atoms with van der Waals surface area (Å²) in [5.74, 6) is 0.299. The zero-order valence-corrected chi connectivity index (χ0v) is 14.2. The fraction of sp³-hybridized carbons (Fsp3) is 0.588. The van der Waals surface area contributed by atoms with Crippen LogP contribution in [0.3, 0.4) is 0 Å². The largest absolute Gasteiger partial charge is 0.504 e. The van der Waals surface area contributed by atoms with Crippen LogP contribution in [-0.4, -0.2) is 84.6 Å². The molecule has 1 saturated heterocycles. The number of phenols is 1. The van der Waals surface area contributed by atoms with Crippen LogP contribution in [0.1, 0.15) is 10.4 Å². The van der Waals surface area contributed by atoms with Crippen LogP contribution in [0, 0.1) is 11.8 Å². The van der Waals surface area contributed by atoms with Crippen molar-refractivity contribution in [1.29, 1.82) is 0 Å². The first-order chi connectivity index (χ1) is 11.5. The smallest absolute Gasteiger partial charge is 0.254 e. The molecule has 0 saturated carbocycles. The number of nitrogens with zero attached hydrogens (tertiary/aromatic N) is 2. The summed E-state index contributed by atoms with van der Waals surface area (Å²) in [7, 11) is 3.36. The first-order valence-electron chi connectivity index (χ1n) is 8.06. The van der Waals surface area contributed by atoms with E-state index in [1.807, 2.05) is 11.9 Å². The molecule has 24 heavy (non-hydrogen) atoms. The predicted octanol–water partition coefficient (Wildman–Crippen LogP) is 0.00540. The summed E-state index contributed by atoms with van der Waals surface area (Å²) in [6, 6.07) is 4.54. The Morgan fingerprint density at radius 2 is 2.04 bits per heavy atom. The lowest BCUT2D eigenvalue weighted by molar-refractivity contribution is 0.0778. The van der Waals surface area contributed by atoms with Crippen molar-refractivity contribution in [2.45, 2.75) is 0 Å². The van der Waals surface area contributed by atoms with Gasteiger partial charge in [0.25, 0.3) is 5.91 Å². The Labute approximate surface area is 142 Å². The number of phenolic OH excluding ortho intramolecular Hbond substituents is 1. The molecular formula is C17H26N2O5. The Bertz CT molecular complexity index is 566. The molecule has 0 radical (unpaired) electrons. The zero-order valence-electron chi connectivity index (χ0n) is 14.2. The van der Waals surface area contributed by atoms with Gasteiger partial charge in [0, 0.05) is 44.3 Å². The van der Waals surface area contributed by atoms with Crippen molar-refractivity contribution < 1.29 is 24.9 Å². The van der Waals surface area contributed by atoms with E-state index in [2.05, 4.69) is 0 Å². The Kier molecular flexibility index (Phi) is 6.42. The van der Waals surface area contributed by atoms with Gasteiger partial charge < -0.3 is 29.9 Å².